The van der Waals surface area contributed by atoms with E-state index in [4.69, 9.17) is 0 Å². The van der Waals surface area contributed by atoms with Crippen molar-refractivity contribution < 1.29 is 9.59 Å². The summed E-state index contributed by atoms with van der Waals surface area (Å²) in [5, 5.41) is 3.10. The lowest BCUT2D eigenvalue weighted by atomic mass is 9.47. The number of fused-ring (bicyclic) bond motifs is 5. The molecule has 1 aromatic heterocycles. The molecule has 4 aliphatic rings. The van der Waals surface area contributed by atoms with Crippen molar-refractivity contribution in [3.05, 3.63) is 42.2 Å². The number of amides is 2. The zero-order chi connectivity index (χ0) is 22.5. The van der Waals surface area contributed by atoms with Crippen LogP contribution in [0.4, 0.5) is 0 Å². The highest BCUT2D eigenvalue weighted by molar-refractivity contribution is 5.89. The van der Waals surface area contributed by atoms with Crippen molar-refractivity contribution in [2.24, 2.45) is 34.5 Å². The monoisotopic (exact) mass is 435 g/mol. The normalized spacial score (nSPS) is 40.4. The van der Waals surface area contributed by atoms with Crippen LogP contribution in [0.3, 0.4) is 0 Å². The van der Waals surface area contributed by atoms with Crippen molar-refractivity contribution in [3.8, 4) is 0 Å². The topological polar surface area (TPSA) is 62.3 Å². The second-order valence-electron chi connectivity index (χ2n) is 11.2. The second-order valence-corrected chi connectivity index (χ2v) is 11.2. The molecular formula is C27H37N3O2. The van der Waals surface area contributed by atoms with Gasteiger partial charge in [-0.2, -0.15) is 0 Å². The van der Waals surface area contributed by atoms with Gasteiger partial charge in [-0.25, -0.2) is 0 Å². The first kappa shape index (κ1) is 21.7. The number of likely N-dealkylation sites (N-methyl/N-ethyl adjacent to an activating group) is 1. The van der Waals surface area contributed by atoms with Crippen molar-refractivity contribution in [1.82, 2.24) is 15.2 Å². The second kappa shape index (κ2) is 8.00. The predicted molar refractivity (Wildman–Crippen MR) is 124 cm³/mol. The molecule has 5 rings (SSSR count). The Balaban J connectivity index is 1.27. The molecule has 2 amide bonds. The van der Waals surface area contributed by atoms with E-state index < -0.39 is 0 Å². The van der Waals surface area contributed by atoms with Crippen LogP contribution in [0.1, 0.15) is 64.5 Å². The minimum Gasteiger partial charge on any atom is -0.350 e. The van der Waals surface area contributed by atoms with Crippen LogP contribution in [0.5, 0.6) is 0 Å². The van der Waals surface area contributed by atoms with E-state index in [0.29, 0.717) is 42.7 Å². The number of hydrogen-bond donors (Lipinski definition) is 1. The molecule has 0 bridgehead atoms. The fourth-order valence-electron chi connectivity index (χ4n) is 8.17. The first-order valence-electron chi connectivity index (χ1n) is 12.5. The Morgan fingerprint density at radius 1 is 1.16 bits per heavy atom. The number of pyridine rings is 1. The minimum absolute atomic E-state index is 0.0883. The van der Waals surface area contributed by atoms with E-state index in [1.807, 2.05) is 36.2 Å². The average Bonchev–Trinajstić information content (AvgIpc) is 3.12. The number of rotatable bonds is 4. The summed E-state index contributed by atoms with van der Waals surface area (Å²) in [5.74, 6) is 2.84. The standard InChI is InChI=1S/C27H37N3O2/c1-26-13-11-22-20(8-10-23-27(22,2)14-12-25(32)30(23)3)21(26)9-7-18(26)16-24(31)29-17-19-6-4-5-15-28-19/h4-6,12,14-15,18,20-23H,7-11,13,16-17H2,1-3H3,(H,29,31)/t18-,20?,21?,22?,23?,26-,27-/m1/s1. The third-order valence-corrected chi connectivity index (χ3v) is 9.95. The smallest absolute Gasteiger partial charge is 0.246 e. The summed E-state index contributed by atoms with van der Waals surface area (Å²) >= 11 is 0. The number of nitrogens with one attached hydrogen (secondary N) is 1. The summed E-state index contributed by atoms with van der Waals surface area (Å²) in [4.78, 5) is 31.4. The molecule has 3 saturated carbocycles. The van der Waals surface area contributed by atoms with Crippen LogP contribution in [0.2, 0.25) is 0 Å². The quantitative estimate of drug-likeness (QED) is 0.765. The summed E-state index contributed by atoms with van der Waals surface area (Å²) in [6.45, 7) is 5.38. The fourth-order valence-corrected chi connectivity index (χ4v) is 8.17. The maximum absolute atomic E-state index is 12.8. The Morgan fingerprint density at radius 3 is 2.78 bits per heavy atom. The SMILES string of the molecule is CN1C(=O)C=C[C@]2(C)C3CC[C@@]4(C)C(CC[C@@H]4CC(=O)NCc4ccccn4)C3CCC12. The molecule has 3 fully saturated rings. The largest absolute Gasteiger partial charge is 0.350 e. The highest BCUT2D eigenvalue weighted by Crippen LogP contribution is 2.65. The van der Waals surface area contributed by atoms with Crippen LogP contribution in [0.25, 0.3) is 0 Å². The van der Waals surface area contributed by atoms with Gasteiger partial charge in [-0.1, -0.05) is 26.0 Å². The van der Waals surface area contributed by atoms with Gasteiger partial charge in [0.2, 0.25) is 11.8 Å². The third-order valence-electron chi connectivity index (χ3n) is 9.95. The van der Waals surface area contributed by atoms with Gasteiger partial charge in [-0.15, -0.1) is 0 Å². The predicted octanol–water partition coefficient (Wildman–Crippen LogP) is 4.34. The summed E-state index contributed by atoms with van der Waals surface area (Å²) < 4.78 is 0. The van der Waals surface area contributed by atoms with Crippen LogP contribution in [-0.4, -0.2) is 34.8 Å². The molecule has 5 nitrogen and oxygen atoms in total. The van der Waals surface area contributed by atoms with Gasteiger partial charge in [0.1, 0.15) is 0 Å². The van der Waals surface area contributed by atoms with Gasteiger partial charge in [0, 0.05) is 31.1 Å². The fraction of sp³-hybridized carbons (Fsp3) is 0.667. The number of carbonyl (C=O) groups excluding carboxylic acids is 2. The minimum atomic E-state index is 0.0883. The van der Waals surface area contributed by atoms with Gasteiger partial charge < -0.3 is 10.2 Å². The van der Waals surface area contributed by atoms with E-state index in [9.17, 15) is 9.59 Å². The first-order valence-corrected chi connectivity index (χ1v) is 12.5. The van der Waals surface area contributed by atoms with Gasteiger partial charge in [0.05, 0.1) is 12.2 Å². The Bertz CT molecular complexity index is 915. The number of aromatic nitrogens is 1. The van der Waals surface area contributed by atoms with Gasteiger partial charge in [0.25, 0.3) is 0 Å². The maximum Gasteiger partial charge on any atom is 0.246 e. The lowest BCUT2D eigenvalue weighted by Crippen LogP contribution is -2.59. The number of carbonyl (C=O) groups is 2. The van der Waals surface area contributed by atoms with Crippen LogP contribution < -0.4 is 5.32 Å². The molecule has 1 aromatic rings. The lowest BCUT2D eigenvalue weighted by Gasteiger charge is -2.60. The average molecular weight is 436 g/mol. The van der Waals surface area contributed by atoms with E-state index in [1.54, 1.807) is 6.20 Å². The summed E-state index contributed by atoms with van der Waals surface area (Å²) in [5.41, 5.74) is 1.25. The molecule has 0 spiro atoms. The Hall–Kier alpha value is -2.17. The number of hydrogen-bond acceptors (Lipinski definition) is 3. The van der Waals surface area contributed by atoms with Crippen molar-refractivity contribution in [1.29, 1.82) is 0 Å². The molecular weight excluding hydrogens is 398 g/mol. The van der Waals surface area contributed by atoms with Crippen molar-refractivity contribution in [2.45, 2.75) is 71.4 Å². The van der Waals surface area contributed by atoms with Gasteiger partial charge in [-0.3, -0.25) is 14.6 Å². The van der Waals surface area contributed by atoms with E-state index in [1.165, 1.54) is 25.7 Å². The van der Waals surface area contributed by atoms with Gasteiger partial charge in [0.15, 0.2) is 0 Å². The Morgan fingerprint density at radius 2 is 2.00 bits per heavy atom. The van der Waals surface area contributed by atoms with Crippen LogP contribution in [0, 0.1) is 34.5 Å². The van der Waals surface area contributed by atoms with Crippen molar-refractivity contribution in [2.75, 3.05) is 7.05 Å². The molecule has 0 aromatic carbocycles. The third kappa shape index (κ3) is 3.39. The Kier molecular flexibility index (Phi) is 5.42. The summed E-state index contributed by atoms with van der Waals surface area (Å²) in [6.07, 6.45) is 13.6. The molecule has 2 heterocycles. The molecule has 7 atom stereocenters. The van der Waals surface area contributed by atoms with E-state index >= 15 is 0 Å². The zero-order valence-electron chi connectivity index (χ0n) is 19.7. The van der Waals surface area contributed by atoms with Crippen LogP contribution >= 0.6 is 0 Å². The van der Waals surface area contributed by atoms with E-state index in [2.05, 4.69) is 30.2 Å². The first-order chi connectivity index (χ1) is 15.3. The van der Waals surface area contributed by atoms with E-state index in [0.717, 1.165) is 18.5 Å². The van der Waals surface area contributed by atoms with Gasteiger partial charge >= 0.3 is 0 Å². The molecule has 1 N–H and O–H groups in total. The lowest BCUT2D eigenvalue weighted by molar-refractivity contribution is -0.139. The molecule has 5 heteroatoms. The van der Waals surface area contributed by atoms with Crippen molar-refractivity contribution >= 4 is 11.8 Å². The summed E-state index contributed by atoms with van der Waals surface area (Å²) in [6, 6.07) is 6.14. The molecule has 0 radical (unpaired) electrons. The van der Waals surface area contributed by atoms with Crippen LogP contribution in [-0.2, 0) is 16.1 Å². The van der Waals surface area contributed by atoms with E-state index in [-0.39, 0.29) is 22.6 Å². The highest BCUT2D eigenvalue weighted by atomic mass is 16.2. The molecule has 0 saturated heterocycles. The summed E-state index contributed by atoms with van der Waals surface area (Å²) in [7, 11) is 1.98. The molecule has 172 valence electrons. The molecule has 3 aliphatic carbocycles. The van der Waals surface area contributed by atoms with Crippen molar-refractivity contribution in [3.63, 3.8) is 0 Å². The maximum atomic E-state index is 12.8. The molecule has 4 unspecified atom stereocenters. The van der Waals surface area contributed by atoms with Crippen LogP contribution in [0.15, 0.2) is 36.5 Å². The number of nitrogens with zero attached hydrogens (tertiary/aromatic N) is 2. The molecule has 32 heavy (non-hydrogen) atoms. The zero-order valence-corrected chi connectivity index (χ0v) is 19.7. The molecule has 1 aliphatic heterocycles. The van der Waals surface area contributed by atoms with Gasteiger partial charge in [-0.05, 0) is 85.8 Å². The Labute approximate surface area is 192 Å². The highest BCUT2D eigenvalue weighted by Gasteiger charge is 2.60.